The van der Waals surface area contributed by atoms with Crippen molar-refractivity contribution in [1.82, 2.24) is 0 Å². The van der Waals surface area contributed by atoms with Crippen molar-refractivity contribution in [2.75, 3.05) is 11.1 Å². The quantitative estimate of drug-likeness (QED) is 0.597. The predicted molar refractivity (Wildman–Crippen MR) is 97.7 cm³/mol. The molecule has 0 aliphatic heterocycles. The predicted octanol–water partition coefficient (Wildman–Crippen LogP) is 4.00. The van der Waals surface area contributed by atoms with Gasteiger partial charge >= 0.3 is 0 Å². The number of amides is 1. The van der Waals surface area contributed by atoms with Crippen LogP contribution < -0.4 is 11.1 Å². The lowest BCUT2D eigenvalue weighted by Gasteiger charge is -2.17. The molecular formula is C20H24N2O2. The van der Waals surface area contributed by atoms with E-state index in [2.05, 4.69) is 5.32 Å². The molecule has 24 heavy (non-hydrogen) atoms. The van der Waals surface area contributed by atoms with Gasteiger partial charge in [0, 0.05) is 17.8 Å². The van der Waals surface area contributed by atoms with E-state index in [9.17, 15) is 9.59 Å². The minimum absolute atomic E-state index is 0.0261. The first-order chi connectivity index (χ1) is 11.5. The normalized spacial score (nSPS) is 13.1. The van der Waals surface area contributed by atoms with Crippen LogP contribution in [0.1, 0.15) is 38.2 Å². The highest BCUT2D eigenvalue weighted by molar-refractivity contribution is 6.07. The molecule has 0 heterocycles. The van der Waals surface area contributed by atoms with Crippen molar-refractivity contribution in [1.29, 1.82) is 0 Å². The zero-order valence-electron chi connectivity index (χ0n) is 14.2. The molecule has 2 atom stereocenters. The molecule has 0 saturated carbocycles. The Labute approximate surface area is 143 Å². The third kappa shape index (κ3) is 4.69. The summed E-state index contributed by atoms with van der Waals surface area (Å²) in [6.45, 7) is 3.87. The van der Waals surface area contributed by atoms with Gasteiger partial charge < -0.3 is 11.1 Å². The van der Waals surface area contributed by atoms with E-state index in [1.54, 1.807) is 24.3 Å². The monoisotopic (exact) mass is 324 g/mol. The van der Waals surface area contributed by atoms with Crippen molar-refractivity contribution in [3.05, 3.63) is 60.2 Å². The fraction of sp³-hybridized carbons (Fsp3) is 0.300. The molecular weight excluding hydrogens is 300 g/mol. The maximum atomic E-state index is 12.6. The molecule has 0 radical (unpaired) electrons. The molecule has 2 aromatic carbocycles. The fourth-order valence-electron chi connectivity index (χ4n) is 2.70. The first-order valence-electron chi connectivity index (χ1n) is 8.25. The van der Waals surface area contributed by atoms with Crippen LogP contribution in [0.5, 0.6) is 0 Å². The van der Waals surface area contributed by atoms with Crippen molar-refractivity contribution in [2.24, 2.45) is 5.92 Å². The van der Waals surface area contributed by atoms with E-state index in [-0.39, 0.29) is 17.6 Å². The Morgan fingerprint density at radius 1 is 1.04 bits per heavy atom. The number of Topliss-reactive ketones (excluding diaryl/α,β-unsaturated/α-hetero) is 1. The molecule has 0 spiro atoms. The highest BCUT2D eigenvalue weighted by atomic mass is 16.2. The minimum Gasteiger partial charge on any atom is -0.399 e. The fourth-order valence-corrected chi connectivity index (χ4v) is 2.70. The highest BCUT2D eigenvalue weighted by Crippen LogP contribution is 2.22. The molecule has 2 rings (SSSR count). The second-order valence-electron chi connectivity index (χ2n) is 6.05. The largest absolute Gasteiger partial charge is 0.399 e. The lowest BCUT2D eigenvalue weighted by molar-refractivity contribution is -0.131. The molecule has 0 aromatic heterocycles. The van der Waals surface area contributed by atoms with Crippen molar-refractivity contribution in [3.8, 4) is 0 Å². The Morgan fingerprint density at radius 2 is 1.67 bits per heavy atom. The van der Waals surface area contributed by atoms with E-state index < -0.39 is 5.92 Å². The third-order valence-electron chi connectivity index (χ3n) is 4.17. The second kappa shape index (κ2) is 8.29. The van der Waals surface area contributed by atoms with Crippen LogP contribution in [0.2, 0.25) is 0 Å². The van der Waals surface area contributed by atoms with E-state index in [0.717, 1.165) is 5.56 Å². The van der Waals surface area contributed by atoms with Gasteiger partial charge in [-0.3, -0.25) is 9.59 Å². The zero-order chi connectivity index (χ0) is 17.5. The minimum atomic E-state index is -0.631. The van der Waals surface area contributed by atoms with Gasteiger partial charge in [-0.05, 0) is 42.2 Å². The van der Waals surface area contributed by atoms with Crippen LogP contribution in [0, 0.1) is 5.92 Å². The van der Waals surface area contributed by atoms with Crippen LogP contribution in [0.25, 0.3) is 0 Å². The number of benzene rings is 2. The van der Waals surface area contributed by atoms with E-state index in [4.69, 9.17) is 5.73 Å². The first-order valence-corrected chi connectivity index (χ1v) is 8.25. The third-order valence-corrected chi connectivity index (χ3v) is 4.17. The molecule has 0 aliphatic rings. The van der Waals surface area contributed by atoms with Crippen LogP contribution in [0.3, 0.4) is 0 Å². The first kappa shape index (κ1) is 17.7. The zero-order valence-corrected chi connectivity index (χ0v) is 14.2. The molecule has 1 amide bonds. The van der Waals surface area contributed by atoms with Crippen LogP contribution in [0.15, 0.2) is 54.6 Å². The van der Waals surface area contributed by atoms with Gasteiger partial charge in [0.1, 0.15) is 5.78 Å². The van der Waals surface area contributed by atoms with Crippen LogP contribution in [-0.2, 0) is 9.59 Å². The maximum absolute atomic E-state index is 12.6. The van der Waals surface area contributed by atoms with Gasteiger partial charge in [0.2, 0.25) is 5.91 Å². The van der Waals surface area contributed by atoms with Crippen molar-refractivity contribution >= 4 is 23.1 Å². The summed E-state index contributed by atoms with van der Waals surface area (Å²) in [5.74, 6) is -0.819. The summed E-state index contributed by atoms with van der Waals surface area (Å²) in [6, 6.07) is 16.8. The van der Waals surface area contributed by atoms with E-state index in [1.165, 1.54) is 0 Å². The number of carbonyl (C=O) groups excluding carboxylic acids is 2. The summed E-state index contributed by atoms with van der Waals surface area (Å²) in [5, 5.41) is 2.80. The molecule has 2 unspecified atom stereocenters. The average Bonchev–Trinajstić information content (AvgIpc) is 2.58. The van der Waals surface area contributed by atoms with Crippen molar-refractivity contribution in [2.45, 2.75) is 32.6 Å². The van der Waals surface area contributed by atoms with Gasteiger partial charge in [-0.15, -0.1) is 0 Å². The van der Waals surface area contributed by atoms with E-state index in [0.29, 0.717) is 24.2 Å². The van der Waals surface area contributed by atoms with Crippen molar-refractivity contribution in [3.63, 3.8) is 0 Å². The number of nitrogens with two attached hydrogens (primary N) is 1. The second-order valence-corrected chi connectivity index (χ2v) is 6.05. The molecule has 0 saturated heterocycles. The molecule has 3 N–H and O–H groups in total. The smallest absolute Gasteiger partial charge is 0.234 e. The standard InChI is InChI=1S/C20H24N2O2/c1-3-18(20(24)22-17-11-9-16(21)10-12-17)19(23)13-14(2)15-7-5-4-6-8-15/h4-12,14,18H,3,13,21H2,1-2H3,(H,22,24). The Hall–Kier alpha value is -2.62. The molecule has 4 heteroatoms. The van der Waals surface area contributed by atoms with Crippen LogP contribution >= 0.6 is 0 Å². The van der Waals surface area contributed by atoms with Gasteiger partial charge in [-0.1, -0.05) is 44.2 Å². The van der Waals surface area contributed by atoms with Gasteiger partial charge in [0.05, 0.1) is 5.92 Å². The lowest BCUT2D eigenvalue weighted by atomic mass is 9.89. The summed E-state index contributed by atoms with van der Waals surface area (Å²) >= 11 is 0. The summed E-state index contributed by atoms with van der Waals surface area (Å²) in [4.78, 5) is 25.0. The highest BCUT2D eigenvalue weighted by Gasteiger charge is 2.26. The van der Waals surface area contributed by atoms with Gasteiger partial charge in [0.25, 0.3) is 0 Å². The molecule has 126 valence electrons. The molecule has 0 bridgehead atoms. The Morgan fingerprint density at radius 3 is 2.25 bits per heavy atom. The molecule has 2 aromatic rings. The molecule has 0 fully saturated rings. The van der Waals surface area contributed by atoms with Gasteiger partial charge in [-0.25, -0.2) is 0 Å². The van der Waals surface area contributed by atoms with Crippen molar-refractivity contribution < 1.29 is 9.59 Å². The van der Waals surface area contributed by atoms with E-state index >= 15 is 0 Å². The Kier molecular flexibility index (Phi) is 6.13. The number of hydrogen-bond acceptors (Lipinski definition) is 3. The number of carbonyl (C=O) groups is 2. The summed E-state index contributed by atoms with van der Waals surface area (Å²) in [7, 11) is 0. The number of hydrogen-bond donors (Lipinski definition) is 2. The number of nitrogens with one attached hydrogen (secondary N) is 1. The number of nitrogen functional groups attached to an aromatic ring is 1. The maximum Gasteiger partial charge on any atom is 0.234 e. The summed E-state index contributed by atoms with van der Waals surface area (Å²) < 4.78 is 0. The van der Waals surface area contributed by atoms with E-state index in [1.807, 2.05) is 44.2 Å². The van der Waals surface area contributed by atoms with Crippen LogP contribution in [-0.4, -0.2) is 11.7 Å². The van der Waals surface area contributed by atoms with Crippen LogP contribution in [0.4, 0.5) is 11.4 Å². The Balaban J connectivity index is 1.99. The number of anilines is 2. The van der Waals surface area contributed by atoms with Gasteiger partial charge in [-0.2, -0.15) is 0 Å². The lowest BCUT2D eigenvalue weighted by Crippen LogP contribution is -2.30. The summed E-state index contributed by atoms with van der Waals surface area (Å²) in [5.41, 5.74) is 8.03. The summed E-state index contributed by atoms with van der Waals surface area (Å²) in [6.07, 6.45) is 0.846. The SMILES string of the molecule is CCC(C(=O)CC(C)c1ccccc1)C(=O)Nc1ccc(N)cc1. The number of ketones is 1. The molecule has 0 aliphatic carbocycles. The van der Waals surface area contributed by atoms with Gasteiger partial charge in [0.15, 0.2) is 0 Å². The average molecular weight is 324 g/mol. The Bertz CT molecular complexity index is 681. The topological polar surface area (TPSA) is 72.2 Å². The number of rotatable bonds is 7. The molecule has 4 nitrogen and oxygen atoms in total.